The molecule has 0 rings (SSSR count). The van der Waals surface area contributed by atoms with Crippen molar-refractivity contribution in [3.8, 4) is 0 Å². The Labute approximate surface area is 103 Å². The summed E-state index contributed by atoms with van der Waals surface area (Å²) in [4.78, 5) is 26.7. The molecule has 0 aromatic carbocycles. The average Bonchev–Trinajstić information content (AvgIpc) is 2.32. The van der Waals surface area contributed by atoms with Crippen LogP contribution < -0.4 is 0 Å². The molecule has 0 aliphatic carbocycles. The standard InChI is InChI=1S/C9H16N2O4S/c1-5-15-9(13)10-8(16-4)11(2)6-7(12)14-3/h5-6H2,1-4H3/b10-8-/i2D3. The molecule has 0 aliphatic heterocycles. The molecular formula is C9H16N2O4S. The van der Waals surface area contributed by atoms with E-state index in [-0.39, 0.29) is 11.8 Å². The lowest BCUT2D eigenvalue weighted by Gasteiger charge is -2.17. The van der Waals surface area contributed by atoms with E-state index in [9.17, 15) is 9.59 Å². The Balaban J connectivity index is 5.19. The summed E-state index contributed by atoms with van der Waals surface area (Å²) < 4.78 is 31.0. The molecule has 0 radical (unpaired) electrons. The van der Waals surface area contributed by atoms with Crippen LogP contribution in [0, 0.1) is 0 Å². The highest BCUT2D eigenvalue weighted by Gasteiger charge is 2.12. The van der Waals surface area contributed by atoms with Crippen molar-refractivity contribution in [2.45, 2.75) is 6.92 Å². The van der Waals surface area contributed by atoms with Crippen LogP contribution in [0.2, 0.25) is 0 Å². The minimum absolute atomic E-state index is 0.120. The van der Waals surface area contributed by atoms with Crippen molar-refractivity contribution >= 4 is 29.0 Å². The quantitative estimate of drug-likeness (QED) is 0.423. The average molecular weight is 251 g/mol. The molecule has 0 atom stereocenters. The SMILES string of the molecule is [2H]C([2H])([2H])N(CC(=O)OC)/C(=N/C(=O)OCC)SC. The molecular weight excluding hydrogens is 232 g/mol. The summed E-state index contributed by atoms with van der Waals surface area (Å²) in [6, 6.07) is 0. The molecule has 16 heavy (non-hydrogen) atoms. The smallest absolute Gasteiger partial charge is 0.436 e. The highest BCUT2D eigenvalue weighted by molar-refractivity contribution is 8.13. The molecule has 0 fully saturated rings. The Morgan fingerprint density at radius 2 is 2.25 bits per heavy atom. The molecule has 0 saturated carbocycles. The number of thioether (sulfide) groups is 1. The van der Waals surface area contributed by atoms with Gasteiger partial charge in [0.1, 0.15) is 6.54 Å². The van der Waals surface area contributed by atoms with Gasteiger partial charge >= 0.3 is 12.1 Å². The number of carbonyl (C=O) groups excluding carboxylic acids is 2. The second kappa shape index (κ2) is 7.98. The van der Waals surface area contributed by atoms with E-state index < -0.39 is 25.6 Å². The summed E-state index contributed by atoms with van der Waals surface area (Å²) >= 11 is 0.919. The van der Waals surface area contributed by atoms with Crippen molar-refractivity contribution in [3.63, 3.8) is 0 Å². The zero-order valence-corrected chi connectivity index (χ0v) is 10.2. The number of ether oxygens (including phenoxy) is 2. The summed E-state index contributed by atoms with van der Waals surface area (Å²) in [5.74, 6) is -0.748. The van der Waals surface area contributed by atoms with E-state index in [4.69, 9.17) is 4.11 Å². The van der Waals surface area contributed by atoms with Gasteiger partial charge in [0, 0.05) is 11.1 Å². The van der Waals surface area contributed by atoms with Crippen molar-refractivity contribution in [1.82, 2.24) is 4.90 Å². The van der Waals surface area contributed by atoms with Gasteiger partial charge in [-0.2, -0.15) is 4.99 Å². The molecule has 0 saturated heterocycles. The molecule has 92 valence electrons. The van der Waals surface area contributed by atoms with Gasteiger partial charge in [0.25, 0.3) is 0 Å². The third-order valence-electron chi connectivity index (χ3n) is 1.38. The normalized spacial score (nSPS) is 14.4. The number of esters is 1. The number of nitrogens with zero attached hydrogens (tertiary/aromatic N) is 2. The van der Waals surface area contributed by atoms with Gasteiger partial charge in [-0.15, -0.1) is 0 Å². The number of aliphatic imine (C=N–C) groups is 1. The molecule has 0 N–H and O–H groups in total. The van der Waals surface area contributed by atoms with Crippen LogP contribution in [-0.4, -0.2) is 55.6 Å². The molecule has 1 amide bonds. The largest absolute Gasteiger partial charge is 0.468 e. The van der Waals surface area contributed by atoms with Crippen molar-refractivity contribution in [2.75, 3.05) is 33.5 Å². The molecule has 0 aromatic heterocycles. The maximum atomic E-state index is 11.2. The van der Waals surface area contributed by atoms with Crippen LogP contribution in [0.5, 0.6) is 0 Å². The van der Waals surface area contributed by atoms with Gasteiger partial charge in [-0.25, -0.2) is 4.79 Å². The molecule has 0 aliphatic rings. The van der Waals surface area contributed by atoms with Crippen LogP contribution in [0.25, 0.3) is 0 Å². The third kappa shape index (κ3) is 5.59. The second-order valence-electron chi connectivity index (χ2n) is 2.46. The van der Waals surface area contributed by atoms with Gasteiger partial charge in [-0.3, -0.25) is 4.79 Å². The topological polar surface area (TPSA) is 68.2 Å². The Hall–Kier alpha value is -1.24. The first-order chi connectivity index (χ1) is 8.76. The second-order valence-corrected chi connectivity index (χ2v) is 3.23. The minimum atomic E-state index is -2.62. The van der Waals surface area contributed by atoms with E-state index in [0.717, 1.165) is 18.9 Å². The van der Waals surface area contributed by atoms with E-state index in [1.807, 2.05) is 0 Å². The fourth-order valence-corrected chi connectivity index (χ4v) is 1.16. The number of likely N-dealkylation sites (N-methyl/N-ethyl adjacent to an activating group) is 1. The van der Waals surface area contributed by atoms with Crippen LogP contribution in [0.3, 0.4) is 0 Å². The highest BCUT2D eigenvalue weighted by Crippen LogP contribution is 2.04. The highest BCUT2D eigenvalue weighted by atomic mass is 32.2. The molecule has 0 bridgehead atoms. The van der Waals surface area contributed by atoms with Crippen LogP contribution in [0.15, 0.2) is 4.99 Å². The van der Waals surface area contributed by atoms with Crippen LogP contribution in [-0.2, 0) is 14.3 Å². The fraction of sp³-hybridized carbons (Fsp3) is 0.667. The summed E-state index contributed by atoms with van der Waals surface area (Å²) in [7, 11) is 1.14. The van der Waals surface area contributed by atoms with Gasteiger partial charge in [-0.1, -0.05) is 11.8 Å². The zero-order chi connectivity index (χ0) is 15.1. The molecule has 0 heterocycles. The van der Waals surface area contributed by atoms with Crippen LogP contribution >= 0.6 is 11.8 Å². The van der Waals surface area contributed by atoms with E-state index in [0.29, 0.717) is 4.90 Å². The lowest BCUT2D eigenvalue weighted by atomic mass is 10.6. The fourth-order valence-electron chi connectivity index (χ4n) is 0.711. The Morgan fingerprint density at radius 1 is 1.56 bits per heavy atom. The lowest BCUT2D eigenvalue weighted by Crippen LogP contribution is -2.31. The first-order valence-corrected chi connectivity index (χ1v) is 5.62. The number of hydrogen-bond acceptors (Lipinski definition) is 5. The number of rotatable bonds is 3. The van der Waals surface area contributed by atoms with Gasteiger partial charge in [0.15, 0.2) is 5.17 Å². The maximum absolute atomic E-state index is 11.2. The van der Waals surface area contributed by atoms with E-state index in [1.54, 1.807) is 6.92 Å². The van der Waals surface area contributed by atoms with Crippen molar-refractivity contribution in [2.24, 2.45) is 4.99 Å². The summed E-state index contributed by atoms with van der Waals surface area (Å²) in [5.41, 5.74) is 0. The summed E-state index contributed by atoms with van der Waals surface area (Å²) in [6.07, 6.45) is 0.625. The number of hydrogen-bond donors (Lipinski definition) is 0. The monoisotopic (exact) mass is 251 g/mol. The van der Waals surface area contributed by atoms with Gasteiger partial charge in [0.05, 0.1) is 13.7 Å². The third-order valence-corrected chi connectivity index (χ3v) is 2.06. The molecule has 0 spiro atoms. The van der Waals surface area contributed by atoms with E-state index in [1.165, 1.54) is 6.26 Å². The van der Waals surface area contributed by atoms with Gasteiger partial charge in [0.2, 0.25) is 0 Å². The molecule has 0 unspecified atom stereocenters. The molecule has 6 nitrogen and oxygen atoms in total. The lowest BCUT2D eigenvalue weighted by molar-refractivity contribution is -0.140. The molecule has 0 aromatic rings. The minimum Gasteiger partial charge on any atom is -0.468 e. The van der Waals surface area contributed by atoms with Crippen molar-refractivity contribution in [1.29, 1.82) is 0 Å². The van der Waals surface area contributed by atoms with Crippen LogP contribution in [0.1, 0.15) is 11.0 Å². The van der Waals surface area contributed by atoms with E-state index in [2.05, 4.69) is 14.5 Å². The van der Waals surface area contributed by atoms with E-state index >= 15 is 0 Å². The zero-order valence-electron chi connectivity index (χ0n) is 12.3. The maximum Gasteiger partial charge on any atom is 0.436 e. The van der Waals surface area contributed by atoms with Gasteiger partial charge in [-0.05, 0) is 13.2 Å². The first kappa shape index (κ1) is 9.95. The van der Waals surface area contributed by atoms with Gasteiger partial charge < -0.3 is 14.4 Å². The Bertz CT molecular complexity index is 360. The van der Waals surface area contributed by atoms with Crippen molar-refractivity contribution in [3.05, 3.63) is 0 Å². The molecule has 7 heteroatoms. The number of amides is 1. The predicted octanol–water partition coefficient (Wildman–Crippen LogP) is 0.967. The van der Waals surface area contributed by atoms with Crippen molar-refractivity contribution < 1.29 is 23.2 Å². The first-order valence-electron chi connectivity index (χ1n) is 5.90. The Morgan fingerprint density at radius 3 is 2.69 bits per heavy atom. The summed E-state index contributed by atoms with van der Waals surface area (Å²) in [5, 5.41) is -0.135. The Kier molecular flexibility index (Phi) is 4.96. The van der Waals surface area contributed by atoms with Crippen LogP contribution in [0.4, 0.5) is 4.79 Å². The summed E-state index contributed by atoms with van der Waals surface area (Å²) in [6.45, 7) is -1.44. The predicted molar refractivity (Wildman–Crippen MR) is 62.6 cm³/mol. The number of amidine groups is 1. The number of methoxy groups -OCH3 is 1. The number of carbonyl (C=O) groups is 2.